The molecule has 0 radical (unpaired) electrons. The molecule has 0 aliphatic heterocycles. The van der Waals surface area contributed by atoms with Crippen molar-refractivity contribution in [3.05, 3.63) is 61.0 Å². The Bertz CT molecular complexity index is 751. The molecule has 0 aliphatic rings. The Hall–Kier alpha value is -3.42. The molecule has 2 rings (SSSR count). The minimum absolute atomic E-state index is 0.174. The molecule has 8 heteroatoms. The first-order valence-corrected chi connectivity index (χ1v) is 6.41. The van der Waals surface area contributed by atoms with Gasteiger partial charge < -0.3 is 19.6 Å². The van der Waals surface area contributed by atoms with Gasteiger partial charge in [0.15, 0.2) is 0 Å². The molecule has 1 amide bonds. The van der Waals surface area contributed by atoms with Crippen molar-refractivity contribution in [1.29, 1.82) is 0 Å². The Kier molecular flexibility index (Phi) is 5.24. The fraction of sp³-hybridized carbons (Fsp3) is 0.0667. The van der Waals surface area contributed by atoms with E-state index in [1.165, 1.54) is 31.7 Å². The monoisotopic (exact) mass is 314 g/mol. The van der Waals surface area contributed by atoms with Gasteiger partial charge in [0, 0.05) is 24.0 Å². The largest absolute Gasteiger partial charge is 0.496 e. The Morgan fingerprint density at radius 1 is 1.43 bits per heavy atom. The van der Waals surface area contributed by atoms with Gasteiger partial charge in [-0.15, -0.1) is 10.2 Å². The number of allylic oxidation sites excluding steroid dienone is 3. The quantitative estimate of drug-likeness (QED) is 0.642. The average molecular weight is 314 g/mol. The second-order valence-corrected chi connectivity index (χ2v) is 4.14. The number of nitrogens with zero attached hydrogens (tertiary/aromatic N) is 3. The normalized spacial score (nSPS) is 11.9. The topological polar surface area (TPSA) is 113 Å². The van der Waals surface area contributed by atoms with Crippen LogP contribution in [0.4, 0.5) is 4.79 Å². The van der Waals surface area contributed by atoms with E-state index in [-0.39, 0.29) is 5.76 Å². The van der Waals surface area contributed by atoms with Gasteiger partial charge in [-0.3, -0.25) is 4.98 Å². The van der Waals surface area contributed by atoms with Crippen molar-refractivity contribution in [2.45, 2.75) is 0 Å². The second kappa shape index (κ2) is 7.55. The second-order valence-electron chi connectivity index (χ2n) is 4.14. The van der Waals surface area contributed by atoms with Crippen LogP contribution in [0, 0.1) is 0 Å². The van der Waals surface area contributed by atoms with Crippen LogP contribution in [0.2, 0.25) is 0 Å². The van der Waals surface area contributed by atoms with Crippen molar-refractivity contribution < 1.29 is 18.7 Å². The van der Waals surface area contributed by atoms with Gasteiger partial charge in [-0.25, -0.2) is 4.79 Å². The minimum atomic E-state index is -0.942. The summed E-state index contributed by atoms with van der Waals surface area (Å²) in [6.45, 7) is 3.54. The highest BCUT2D eigenvalue weighted by Crippen LogP contribution is 2.22. The summed E-state index contributed by atoms with van der Waals surface area (Å²) in [5, 5.41) is 7.43. The molecule has 0 atom stereocenters. The summed E-state index contributed by atoms with van der Waals surface area (Å²) in [6.07, 6.45) is 7.84. The SMILES string of the molecule is C=C/C=C(\C=C(/OC)c1cncc(-c2nnco2)c1)OC(N)=O. The van der Waals surface area contributed by atoms with E-state index in [0.29, 0.717) is 22.8 Å². The number of rotatable bonds is 6. The van der Waals surface area contributed by atoms with Crippen LogP contribution in [-0.4, -0.2) is 28.4 Å². The number of primary amides is 1. The molecule has 2 N–H and O–H groups in total. The number of hydrogen-bond donors (Lipinski definition) is 1. The molecule has 0 saturated carbocycles. The van der Waals surface area contributed by atoms with E-state index in [2.05, 4.69) is 21.8 Å². The van der Waals surface area contributed by atoms with E-state index < -0.39 is 6.09 Å². The summed E-state index contributed by atoms with van der Waals surface area (Å²) in [5.41, 5.74) is 6.26. The van der Waals surface area contributed by atoms with Gasteiger partial charge in [0.25, 0.3) is 0 Å². The molecule has 0 bridgehead atoms. The Morgan fingerprint density at radius 3 is 2.87 bits per heavy atom. The first-order valence-electron chi connectivity index (χ1n) is 6.41. The molecule has 2 aromatic heterocycles. The number of carbonyl (C=O) groups excluding carboxylic acids is 1. The van der Waals surface area contributed by atoms with E-state index in [1.54, 1.807) is 18.5 Å². The van der Waals surface area contributed by atoms with Gasteiger partial charge in [-0.1, -0.05) is 12.7 Å². The zero-order chi connectivity index (χ0) is 16.7. The molecular formula is C15H14N4O4. The molecule has 0 aliphatic carbocycles. The van der Waals surface area contributed by atoms with Gasteiger partial charge in [0.05, 0.1) is 12.7 Å². The van der Waals surface area contributed by atoms with Crippen molar-refractivity contribution in [1.82, 2.24) is 15.2 Å². The molecule has 2 heterocycles. The molecular weight excluding hydrogens is 300 g/mol. The van der Waals surface area contributed by atoms with Gasteiger partial charge in [-0.05, 0) is 12.1 Å². The molecule has 8 nitrogen and oxygen atoms in total. The maximum absolute atomic E-state index is 10.9. The lowest BCUT2D eigenvalue weighted by atomic mass is 10.1. The first kappa shape index (κ1) is 16.0. The summed E-state index contributed by atoms with van der Waals surface area (Å²) in [4.78, 5) is 15.0. The van der Waals surface area contributed by atoms with E-state index in [0.717, 1.165) is 0 Å². The third kappa shape index (κ3) is 4.27. The zero-order valence-corrected chi connectivity index (χ0v) is 12.3. The summed E-state index contributed by atoms with van der Waals surface area (Å²) >= 11 is 0. The maximum Gasteiger partial charge on any atom is 0.409 e. The van der Waals surface area contributed by atoms with Gasteiger partial charge in [-0.2, -0.15) is 0 Å². The fourth-order valence-electron chi connectivity index (χ4n) is 1.72. The molecule has 0 unspecified atom stereocenters. The van der Waals surface area contributed by atoms with E-state index >= 15 is 0 Å². The highest BCUT2D eigenvalue weighted by Gasteiger charge is 2.10. The van der Waals surface area contributed by atoms with Crippen LogP contribution in [0.25, 0.3) is 17.2 Å². The number of amides is 1. The number of ether oxygens (including phenoxy) is 2. The third-order valence-corrected chi connectivity index (χ3v) is 2.62. The first-order chi connectivity index (χ1) is 11.1. The smallest absolute Gasteiger partial charge is 0.409 e. The van der Waals surface area contributed by atoms with Gasteiger partial charge >= 0.3 is 6.09 Å². The van der Waals surface area contributed by atoms with E-state index in [9.17, 15) is 4.79 Å². The summed E-state index contributed by atoms with van der Waals surface area (Å²) in [5.74, 6) is 0.894. The molecule has 23 heavy (non-hydrogen) atoms. The number of pyridine rings is 1. The number of aromatic nitrogens is 3. The van der Waals surface area contributed by atoms with E-state index in [1.807, 2.05) is 0 Å². The van der Waals surface area contributed by atoms with Crippen LogP contribution in [0.1, 0.15) is 5.56 Å². The number of carbonyl (C=O) groups is 1. The van der Waals surface area contributed by atoms with Crippen molar-refractivity contribution >= 4 is 11.9 Å². The lowest BCUT2D eigenvalue weighted by Gasteiger charge is -2.08. The van der Waals surface area contributed by atoms with E-state index in [4.69, 9.17) is 19.6 Å². The third-order valence-electron chi connectivity index (χ3n) is 2.62. The zero-order valence-electron chi connectivity index (χ0n) is 12.3. The van der Waals surface area contributed by atoms with Crippen molar-refractivity contribution in [3.63, 3.8) is 0 Å². The van der Waals surface area contributed by atoms with Crippen molar-refractivity contribution in [3.8, 4) is 11.5 Å². The molecule has 0 spiro atoms. The van der Waals surface area contributed by atoms with Crippen LogP contribution in [0.5, 0.6) is 0 Å². The highest BCUT2D eigenvalue weighted by atomic mass is 16.5. The minimum Gasteiger partial charge on any atom is -0.496 e. The summed E-state index contributed by atoms with van der Waals surface area (Å²) in [7, 11) is 1.47. The van der Waals surface area contributed by atoms with Crippen molar-refractivity contribution in [2.24, 2.45) is 5.73 Å². The predicted molar refractivity (Wildman–Crippen MR) is 81.5 cm³/mol. The number of hydrogen-bond acceptors (Lipinski definition) is 7. The molecule has 0 saturated heterocycles. The fourth-order valence-corrected chi connectivity index (χ4v) is 1.72. The van der Waals surface area contributed by atoms with Gasteiger partial charge in [0.1, 0.15) is 11.5 Å². The van der Waals surface area contributed by atoms with Crippen LogP contribution < -0.4 is 5.73 Å². The van der Waals surface area contributed by atoms with Crippen LogP contribution in [-0.2, 0) is 9.47 Å². The average Bonchev–Trinajstić information content (AvgIpc) is 3.06. The Morgan fingerprint density at radius 2 is 2.26 bits per heavy atom. The lowest BCUT2D eigenvalue weighted by molar-refractivity contribution is 0.190. The lowest BCUT2D eigenvalue weighted by Crippen LogP contribution is -2.12. The maximum atomic E-state index is 10.9. The Balaban J connectivity index is 2.38. The van der Waals surface area contributed by atoms with Gasteiger partial charge in [0.2, 0.25) is 12.3 Å². The van der Waals surface area contributed by atoms with Crippen LogP contribution >= 0.6 is 0 Å². The summed E-state index contributed by atoms with van der Waals surface area (Å²) < 4.78 is 15.3. The Labute approximate surface area is 131 Å². The highest BCUT2D eigenvalue weighted by molar-refractivity contribution is 5.70. The molecule has 118 valence electrons. The molecule has 0 fully saturated rings. The number of nitrogens with two attached hydrogens (primary N) is 1. The molecule has 0 aromatic carbocycles. The number of methoxy groups -OCH3 is 1. The predicted octanol–water partition coefficient (Wildman–Crippen LogP) is 2.28. The van der Waals surface area contributed by atoms with Crippen molar-refractivity contribution in [2.75, 3.05) is 7.11 Å². The van der Waals surface area contributed by atoms with Crippen LogP contribution in [0.3, 0.4) is 0 Å². The standard InChI is InChI=1S/C15H14N4O4/c1-3-4-12(23-15(16)20)6-13(21-2)10-5-11(8-17-7-10)14-19-18-9-22-14/h3-9H,1H2,2H3,(H2,16,20)/b12-4+,13-6-. The summed E-state index contributed by atoms with van der Waals surface area (Å²) in [6, 6.07) is 1.74. The molecule has 2 aromatic rings. The van der Waals surface area contributed by atoms with Crippen LogP contribution in [0.15, 0.2) is 59.8 Å².